The Morgan fingerprint density at radius 3 is 2.64 bits per heavy atom. The molecule has 0 saturated carbocycles. The van der Waals surface area contributed by atoms with Crippen molar-refractivity contribution in [3.63, 3.8) is 0 Å². The smallest absolute Gasteiger partial charge is 0.320 e. The van der Waals surface area contributed by atoms with Crippen LogP contribution in [-0.2, 0) is 18.0 Å². The second kappa shape index (κ2) is 11.0. The third-order valence-electron chi connectivity index (χ3n) is 4.70. The first-order chi connectivity index (χ1) is 15.9. The molecule has 3 amide bonds. The number of carbonyl (C=O) groups excluding carboxylic acids is 2. The molecule has 1 heterocycles. The number of anilines is 2. The first kappa shape index (κ1) is 23.6. The summed E-state index contributed by atoms with van der Waals surface area (Å²) in [5.41, 5.74) is 4.08. The number of hydroxylamine groups is 1. The summed E-state index contributed by atoms with van der Waals surface area (Å²) in [4.78, 5) is 33.2. The van der Waals surface area contributed by atoms with Crippen molar-refractivity contribution in [3.8, 4) is 0 Å². The highest BCUT2D eigenvalue weighted by Crippen LogP contribution is 2.18. The maximum absolute atomic E-state index is 13.9. The van der Waals surface area contributed by atoms with E-state index in [2.05, 4.69) is 26.4 Å². The van der Waals surface area contributed by atoms with E-state index in [9.17, 15) is 18.4 Å². The van der Waals surface area contributed by atoms with Crippen LogP contribution in [-0.4, -0.2) is 24.0 Å². The van der Waals surface area contributed by atoms with Crippen molar-refractivity contribution in [2.75, 3.05) is 17.7 Å². The van der Waals surface area contributed by atoms with Gasteiger partial charge < -0.3 is 10.6 Å². The number of aromatic nitrogens is 1. The fourth-order valence-corrected chi connectivity index (χ4v) is 2.90. The maximum Gasteiger partial charge on any atom is 0.320 e. The maximum atomic E-state index is 13.9. The number of nitrogens with one attached hydrogen (secondary N) is 4. The van der Waals surface area contributed by atoms with Gasteiger partial charge in [-0.25, -0.2) is 24.0 Å². The van der Waals surface area contributed by atoms with Crippen LogP contribution in [0.15, 0.2) is 54.7 Å². The van der Waals surface area contributed by atoms with Gasteiger partial charge in [0.15, 0.2) is 11.6 Å². The highest BCUT2D eigenvalue weighted by atomic mass is 19.2. The average Bonchev–Trinajstić information content (AvgIpc) is 2.83. The van der Waals surface area contributed by atoms with Crippen LogP contribution < -0.4 is 21.4 Å². The highest BCUT2D eigenvalue weighted by molar-refractivity contribution is 5.99. The largest absolute Gasteiger partial charge is 0.380 e. The second-order valence-electron chi connectivity index (χ2n) is 7.04. The van der Waals surface area contributed by atoms with E-state index >= 15 is 0 Å². The van der Waals surface area contributed by atoms with E-state index in [1.54, 1.807) is 42.6 Å². The standard InChI is InChI=1S/C23H23F2N5O3/c1-14-7-8-16(21(25)20(14)24)13-33-30-22(31)17-5-3-4-6-18(17)28-12-15-9-10-27-19(11-15)29-23(32)26-2/h3-11,28H,12-13H2,1-2H3,(H,30,31)(H2,26,27,29,32). The molecule has 0 saturated heterocycles. The predicted molar refractivity (Wildman–Crippen MR) is 119 cm³/mol. The quantitative estimate of drug-likeness (QED) is 0.386. The van der Waals surface area contributed by atoms with E-state index in [1.165, 1.54) is 26.1 Å². The fraction of sp³-hybridized carbons (Fsp3) is 0.174. The minimum atomic E-state index is -1.01. The summed E-state index contributed by atoms with van der Waals surface area (Å²) in [6, 6.07) is 12.7. The van der Waals surface area contributed by atoms with E-state index in [-0.39, 0.29) is 23.8 Å². The van der Waals surface area contributed by atoms with E-state index in [0.717, 1.165) is 5.56 Å². The van der Waals surface area contributed by atoms with Gasteiger partial charge in [-0.3, -0.25) is 14.9 Å². The molecule has 0 bridgehead atoms. The molecule has 10 heteroatoms. The highest BCUT2D eigenvalue weighted by Gasteiger charge is 2.14. The zero-order chi connectivity index (χ0) is 23.8. The number of urea groups is 1. The Labute approximate surface area is 189 Å². The van der Waals surface area contributed by atoms with Gasteiger partial charge in [0.25, 0.3) is 5.91 Å². The number of para-hydroxylation sites is 1. The van der Waals surface area contributed by atoms with Crippen molar-refractivity contribution in [2.24, 2.45) is 0 Å². The number of rotatable bonds is 8. The van der Waals surface area contributed by atoms with Crippen LogP contribution in [0.4, 0.5) is 25.1 Å². The zero-order valence-corrected chi connectivity index (χ0v) is 18.0. The SMILES string of the molecule is CNC(=O)Nc1cc(CNc2ccccc2C(=O)NOCc2ccc(C)c(F)c2F)ccn1. The van der Waals surface area contributed by atoms with Gasteiger partial charge in [0.2, 0.25) is 0 Å². The number of aryl methyl sites for hydroxylation is 1. The number of hydrogen-bond acceptors (Lipinski definition) is 5. The third-order valence-corrected chi connectivity index (χ3v) is 4.70. The fourth-order valence-electron chi connectivity index (χ4n) is 2.90. The number of nitrogens with zero attached hydrogens (tertiary/aromatic N) is 1. The first-order valence-corrected chi connectivity index (χ1v) is 10.0. The van der Waals surface area contributed by atoms with Crippen molar-refractivity contribution < 1.29 is 23.2 Å². The van der Waals surface area contributed by atoms with Crippen molar-refractivity contribution >= 4 is 23.4 Å². The number of carbonyl (C=O) groups is 2. The van der Waals surface area contributed by atoms with Crippen molar-refractivity contribution in [2.45, 2.75) is 20.1 Å². The molecule has 0 fully saturated rings. The summed E-state index contributed by atoms with van der Waals surface area (Å²) in [6.45, 7) is 1.48. The van der Waals surface area contributed by atoms with E-state index < -0.39 is 17.5 Å². The number of hydrogen-bond donors (Lipinski definition) is 4. The van der Waals surface area contributed by atoms with Crippen molar-refractivity contribution in [3.05, 3.63) is 88.6 Å². The van der Waals surface area contributed by atoms with Crippen LogP contribution in [0.1, 0.15) is 27.0 Å². The van der Waals surface area contributed by atoms with Crippen LogP contribution in [0.5, 0.6) is 0 Å². The molecule has 3 aromatic rings. The monoisotopic (exact) mass is 455 g/mol. The Morgan fingerprint density at radius 1 is 1.06 bits per heavy atom. The van der Waals surface area contributed by atoms with Crippen LogP contribution in [0, 0.1) is 18.6 Å². The molecule has 0 aliphatic rings. The Bertz CT molecular complexity index is 1160. The lowest BCUT2D eigenvalue weighted by Gasteiger charge is -2.13. The molecule has 0 spiro atoms. The van der Waals surface area contributed by atoms with Crippen molar-refractivity contribution in [1.29, 1.82) is 0 Å². The molecular formula is C23H23F2N5O3. The average molecular weight is 455 g/mol. The van der Waals surface area contributed by atoms with Crippen LogP contribution in [0.2, 0.25) is 0 Å². The van der Waals surface area contributed by atoms with Crippen LogP contribution in [0.3, 0.4) is 0 Å². The molecular weight excluding hydrogens is 432 g/mol. The molecule has 0 unspecified atom stereocenters. The van der Waals surface area contributed by atoms with Crippen LogP contribution >= 0.6 is 0 Å². The van der Waals surface area contributed by atoms with Crippen molar-refractivity contribution in [1.82, 2.24) is 15.8 Å². The van der Waals surface area contributed by atoms with E-state index in [1.807, 2.05) is 0 Å². The normalized spacial score (nSPS) is 10.4. The molecule has 3 rings (SSSR count). The zero-order valence-electron chi connectivity index (χ0n) is 18.0. The topological polar surface area (TPSA) is 104 Å². The lowest BCUT2D eigenvalue weighted by Crippen LogP contribution is -2.25. The van der Waals surface area contributed by atoms with Gasteiger partial charge in [-0.2, -0.15) is 0 Å². The Hall–Kier alpha value is -4.05. The van der Waals surface area contributed by atoms with E-state index in [0.29, 0.717) is 23.6 Å². The summed E-state index contributed by atoms with van der Waals surface area (Å²) in [5, 5.41) is 8.19. The number of pyridine rings is 1. The molecule has 33 heavy (non-hydrogen) atoms. The molecule has 0 radical (unpaired) electrons. The Balaban J connectivity index is 1.61. The summed E-state index contributed by atoms with van der Waals surface area (Å²) in [7, 11) is 1.50. The molecule has 0 atom stereocenters. The van der Waals surface area contributed by atoms with Gasteiger partial charge in [0.1, 0.15) is 12.4 Å². The van der Waals surface area contributed by atoms with Gasteiger partial charge in [0, 0.05) is 31.0 Å². The molecule has 0 aliphatic heterocycles. The molecule has 0 aliphatic carbocycles. The minimum absolute atomic E-state index is 0.0105. The van der Waals surface area contributed by atoms with Gasteiger partial charge in [-0.15, -0.1) is 0 Å². The van der Waals surface area contributed by atoms with Gasteiger partial charge in [0.05, 0.1) is 5.56 Å². The van der Waals surface area contributed by atoms with Crippen LogP contribution in [0.25, 0.3) is 0 Å². The predicted octanol–water partition coefficient (Wildman–Crippen LogP) is 3.89. The third kappa shape index (κ3) is 6.23. The molecule has 172 valence electrons. The Morgan fingerprint density at radius 2 is 1.85 bits per heavy atom. The Kier molecular flexibility index (Phi) is 7.87. The lowest BCUT2D eigenvalue weighted by atomic mass is 10.1. The van der Waals surface area contributed by atoms with Gasteiger partial charge in [-0.1, -0.05) is 24.3 Å². The molecule has 1 aromatic heterocycles. The number of amides is 3. The van der Waals surface area contributed by atoms with Gasteiger partial charge in [-0.05, 0) is 42.3 Å². The summed E-state index contributed by atoms with van der Waals surface area (Å²) in [6.07, 6.45) is 1.56. The molecule has 8 nitrogen and oxygen atoms in total. The first-order valence-electron chi connectivity index (χ1n) is 10.0. The summed E-state index contributed by atoms with van der Waals surface area (Å²) >= 11 is 0. The number of benzene rings is 2. The molecule has 4 N–H and O–H groups in total. The number of halogens is 2. The summed E-state index contributed by atoms with van der Waals surface area (Å²) < 4.78 is 27.6. The summed E-state index contributed by atoms with van der Waals surface area (Å²) in [5.74, 6) is -2.12. The minimum Gasteiger partial charge on any atom is -0.380 e. The lowest BCUT2D eigenvalue weighted by molar-refractivity contribution is 0.0222. The van der Waals surface area contributed by atoms with E-state index in [4.69, 9.17) is 4.84 Å². The second-order valence-corrected chi connectivity index (χ2v) is 7.04. The van der Waals surface area contributed by atoms with Gasteiger partial charge >= 0.3 is 6.03 Å². The molecule has 2 aromatic carbocycles.